The van der Waals surface area contributed by atoms with Gasteiger partial charge in [0, 0.05) is 42.6 Å². The molecule has 0 saturated carbocycles. The molecule has 28 heavy (non-hydrogen) atoms. The Bertz CT molecular complexity index is 818. The first kappa shape index (κ1) is 20.7. The van der Waals surface area contributed by atoms with Crippen molar-refractivity contribution in [2.75, 3.05) is 33.4 Å². The van der Waals surface area contributed by atoms with Crippen molar-refractivity contribution in [2.45, 2.75) is 45.6 Å². The van der Waals surface area contributed by atoms with Crippen molar-refractivity contribution in [1.29, 1.82) is 0 Å². The molecule has 0 N–H and O–H groups in total. The zero-order valence-electron chi connectivity index (χ0n) is 17.5. The lowest BCUT2D eigenvalue weighted by Gasteiger charge is -2.29. The molecule has 1 saturated heterocycles. The van der Waals surface area contributed by atoms with Gasteiger partial charge in [-0.2, -0.15) is 4.79 Å². The molecule has 0 bridgehead atoms. The highest BCUT2D eigenvalue weighted by Gasteiger charge is 2.43. The number of quaternary nitrogens is 1. The largest absolute Gasteiger partial charge is 0.516 e. The number of amides is 1. The van der Waals surface area contributed by atoms with Gasteiger partial charge in [0.25, 0.3) is 0 Å². The summed E-state index contributed by atoms with van der Waals surface area (Å²) >= 11 is 0. The quantitative estimate of drug-likeness (QED) is 0.555. The Hall–Kier alpha value is -2.05. The first-order valence-electron chi connectivity index (χ1n) is 10.1. The number of carbonyl (C=O) groups is 1. The fourth-order valence-corrected chi connectivity index (χ4v) is 3.65. The SMILES string of the molecule is CC(C)(C)OC(=O)[N@@+]1(C)CC[C@@H](CCOCCc2ccc3cccnc3n2)C1. The number of carbonyl (C=O) groups excluding carboxylic acids is 1. The molecule has 2 atom stereocenters. The summed E-state index contributed by atoms with van der Waals surface area (Å²) in [5.41, 5.74) is 1.35. The molecule has 1 fully saturated rings. The molecule has 6 heteroatoms. The number of aromatic nitrogens is 2. The van der Waals surface area contributed by atoms with Gasteiger partial charge in [0.1, 0.15) is 5.60 Å². The molecular formula is C22H32N3O3+. The lowest BCUT2D eigenvalue weighted by atomic mass is 10.1. The van der Waals surface area contributed by atoms with Crippen LogP contribution in [0, 0.1) is 5.92 Å². The summed E-state index contributed by atoms with van der Waals surface area (Å²) in [6.07, 6.45) is 4.44. The van der Waals surface area contributed by atoms with Crippen LogP contribution in [0.25, 0.3) is 11.0 Å². The highest BCUT2D eigenvalue weighted by molar-refractivity contribution is 5.74. The summed E-state index contributed by atoms with van der Waals surface area (Å²) in [4.78, 5) is 21.3. The van der Waals surface area contributed by atoms with E-state index in [2.05, 4.69) is 16.0 Å². The predicted octanol–water partition coefficient (Wildman–Crippen LogP) is 3.98. The van der Waals surface area contributed by atoms with Gasteiger partial charge in [-0.1, -0.05) is 0 Å². The van der Waals surface area contributed by atoms with Crippen molar-refractivity contribution in [3.63, 3.8) is 0 Å². The van der Waals surface area contributed by atoms with E-state index < -0.39 is 5.60 Å². The molecule has 2 aromatic heterocycles. The van der Waals surface area contributed by atoms with Gasteiger partial charge >= 0.3 is 6.09 Å². The Morgan fingerprint density at radius 1 is 1.25 bits per heavy atom. The molecule has 0 radical (unpaired) electrons. The molecule has 1 aliphatic rings. The predicted molar refractivity (Wildman–Crippen MR) is 109 cm³/mol. The van der Waals surface area contributed by atoms with Crippen LogP contribution in [0.4, 0.5) is 4.79 Å². The monoisotopic (exact) mass is 386 g/mol. The normalized spacial score (nSPS) is 22.5. The van der Waals surface area contributed by atoms with E-state index in [1.54, 1.807) is 6.20 Å². The Labute approximate surface area is 167 Å². The number of rotatable bonds is 6. The number of nitrogens with zero attached hydrogens (tertiary/aromatic N) is 3. The maximum absolute atomic E-state index is 12.5. The van der Waals surface area contributed by atoms with E-state index in [0.29, 0.717) is 23.6 Å². The van der Waals surface area contributed by atoms with Crippen LogP contribution >= 0.6 is 0 Å². The minimum atomic E-state index is -0.439. The van der Waals surface area contributed by atoms with Gasteiger partial charge in [-0.25, -0.2) is 14.5 Å². The first-order valence-corrected chi connectivity index (χ1v) is 10.1. The zero-order chi connectivity index (χ0) is 20.2. The zero-order valence-corrected chi connectivity index (χ0v) is 17.5. The van der Waals surface area contributed by atoms with Crippen molar-refractivity contribution in [3.05, 3.63) is 36.2 Å². The number of likely N-dealkylation sites (tertiary alicyclic amines) is 1. The number of hydrogen-bond donors (Lipinski definition) is 0. The Kier molecular flexibility index (Phi) is 6.30. The van der Waals surface area contributed by atoms with E-state index in [9.17, 15) is 4.79 Å². The van der Waals surface area contributed by atoms with Crippen molar-refractivity contribution in [3.8, 4) is 0 Å². The molecule has 152 valence electrons. The maximum Gasteiger partial charge on any atom is 0.516 e. The van der Waals surface area contributed by atoms with Gasteiger partial charge in [-0.3, -0.25) is 0 Å². The molecule has 0 spiro atoms. The van der Waals surface area contributed by atoms with Crippen LogP contribution in [-0.2, 0) is 15.9 Å². The second-order valence-electron chi connectivity index (χ2n) is 8.94. The van der Waals surface area contributed by atoms with Crippen LogP contribution in [-0.4, -0.2) is 59.5 Å². The second kappa shape index (κ2) is 8.53. The topological polar surface area (TPSA) is 61.3 Å². The summed E-state index contributed by atoms with van der Waals surface area (Å²) in [5, 5.41) is 1.06. The number of pyridine rings is 2. The van der Waals surface area contributed by atoms with E-state index in [1.165, 1.54) is 0 Å². The van der Waals surface area contributed by atoms with Crippen molar-refractivity contribution >= 4 is 17.1 Å². The second-order valence-corrected chi connectivity index (χ2v) is 8.94. The minimum absolute atomic E-state index is 0.119. The van der Waals surface area contributed by atoms with E-state index in [-0.39, 0.29) is 6.09 Å². The van der Waals surface area contributed by atoms with E-state index >= 15 is 0 Å². The van der Waals surface area contributed by atoms with E-state index in [1.807, 2.05) is 46.0 Å². The van der Waals surface area contributed by atoms with Crippen LogP contribution in [0.1, 0.15) is 39.3 Å². The van der Waals surface area contributed by atoms with Crippen molar-refractivity contribution < 1.29 is 18.8 Å². The molecule has 0 unspecified atom stereocenters. The summed E-state index contributed by atoms with van der Waals surface area (Å²) < 4.78 is 11.8. The van der Waals surface area contributed by atoms with Gasteiger partial charge in [-0.15, -0.1) is 0 Å². The average molecular weight is 387 g/mol. The highest BCUT2D eigenvalue weighted by Crippen LogP contribution is 2.27. The number of fused-ring (bicyclic) bond motifs is 1. The summed E-state index contributed by atoms with van der Waals surface area (Å²) in [6.45, 7) is 8.78. The lowest BCUT2D eigenvalue weighted by Crippen LogP contribution is -2.49. The molecule has 0 aliphatic carbocycles. The van der Waals surface area contributed by atoms with Gasteiger partial charge < -0.3 is 9.47 Å². The Morgan fingerprint density at radius 2 is 2.07 bits per heavy atom. The van der Waals surface area contributed by atoms with E-state index in [4.69, 9.17) is 9.47 Å². The maximum atomic E-state index is 12.5. The van der Waals surface area contributed by atoms with Crippen LogP contribution < -0.4 is 0 Å². The molecule has 3 rings (SSSR count). The fraction of sp³-hybridized carbons (Fsp3) is 0.591. The standard InChI is InChI=1S/C22H32N3O3/c1-22(2,3)28-21(26)25(4)13-9-17(16-25)10-14-27-15-11-19-8-7-18-6-5-12-23-20(18)24-19/h5-8,12,17H,9-11,13-16H2,1-4H3/q+1/t17-,25-/m0/s1. The number of hydrogen-bond acceptors (Lipinski definition) is 5. The van der Waals surface area contributed by atoms with Crippen LogP contribution in [0.2, 0.25) is 0 Å². The van der Waals surface area contributed by atoms with Crippen molar-refractivity contribution in [1.82, 2.24) is 9.97 Å². The summed E-state index contributed by atoms with van der Waals surface area (Å²) in [5.74, 6) is 0.500. The third-order valence-electron chi connectivity index (χ3n) is 5.22. The molecule has 1 aliphatic heterocycles. The summed E-state index contributed by atoms with van der Waals surface area (Å²) in [7, 11) is 1.98. The molecule has 3 heterocycles. The van der Waals surface area contributed by atoms with Gasteiger partial charge in [-0.05, 0) is 51.5 Å². The van der Waals surface area contributed by atoms with Crippen LogP contribution in [0.15, 0.2) is 30.5 Å². The van der Waals surface area contributed by atoms with Crippen LogP contribution in [0.5, 0.6) is 0 Å². The van der Waals surface area contributed by atoms with E-state index in [0.717, 1.165) is 49.1 Å². The average Bonchev–Trinajstić information content (AvgIpc) is 3.02. The highest BCUT2D eigenvalue weighted by atomic mass is 16.6. The third-order valence-corrected chi connectivity index (χ3v) is 5.22. The van der Waals surface area contributed by atoms with Gasteiger partial charge in [0.2, 0.25) is 0 Å². The first-order chi connectivity index (χ1) is 13.3. The van der Waals surface area contributed by atoms with Crippen LogP contribution in [0.3, 0.4) is 0 Å². The third kappa shape index (κ3) is 5.49. The molecular weight excluding hydrogens is 354 g/mol. The van der Waals surface area contributed by atoms with Crippen molar-refractivity contribution in [2.24, 2.45) is 5.92 Å². The van der Waals surface area contributed by atoms with Gasteiger partial charge in [0.05, 0.1) is 26.7 Å². The van der Waals surface area contributed by atoms with Gasteiger partial charge in [0.15, 0.2) is 5.65 Å². The summed E-state index contributed by atoms with van der Waals surface area (Å²) in [6, 6.07) is 8.02. The lowest BCUT2D eigenvalue weighted by molar-refractivity contribution is -0.827. The molecule has 2 aromatic rings. The Balaban J connectivity index is 1.38. The minimum Gasteiger partial charge on any atom is -0.414 e. The molecule has 6 nitrogen and oxygen atoms in total. The Morgan fingerprint density at radius 3 is 2.86 bits per heavy atom. The molecule has 0 aromatic carbocycles. The number of ether oxygens (including phenoxy) is 2. The molecule has 1 amide bonds. The fourth-order valence-electron chi connectivity index (χ4n) is 3.65. The smallest absolute Gasteiger partial charge is 0.414 e.